The molecular formula is C12H17N3O. The van der Waals surface area contributed by atoms with E-state index in [1.807, 2.05) is 0 Å². The van der Waals surface area contributed by atoms with Gasteiger partial charge in [-0.3, -0.25) is 4.79 Å². The van der Waals surface area contributed by atoms with E-state index in [1.165, 1.54) is 12.8 Å². The first kappa shape index (κ1) is 11.0. The summed E-state index contributed by atoms with van der Waals surface area (Å²) in [6.45, 7) is 6.51. The van der Waals surface area contributed by atoms with Crippen LogP contribution in [0.15, 0.2) is 12.4 Å². The number of carbonyl (C=O) groups excluding carboxylic acids is 1. The van der Waals surface area contributed by atoms with Gasteiger partial charge < -0.3 is 4.90 Å². The second-order valence-corrected chi connectivity index (χ2v) is 5.12. The molecule has 1 fully saturated rings. The van der Waals surface area contributed by atoms with E-state index in [0.717, 1.165) is 25.3 Å². The number of aldehydes is 1. The molecule has 0 aromatic carbocycles. The molecule has 1 aliphatic rings. The van der Waals surface area contributed by atoms with Gasteiger partial charge in [0.2, 0.25) is 5.95 Å². The Morgan fingerprint density at radius 1 is 1.38 bits per heavy atom. The second-order valence-electron chi connectivity index (χ2n) is 5.12. The van der Waals surface area contributed by atoms with E-state index in [-0.39, 0.29) is 0 Å². The van der Waals surface area contributed by atoms with Gasteiger partial charge in [0.05, 0.1) is 5.56 Å². The highest BCUT2D eigenvalue weighted by Gasteiger charge is 2.27. The SMILES string of the molecule is CC1(C)CCCN(c2ncc(C=O)cn2)C1. The smallest absolute Gasteiger partial charge is 0.225 e. The lowest BCUT2D eigenvalue weighted by atomic mass is 9.84. The topological polar surface area (TPSA) is 46.1 Å². The maximum atomic E-state index is 10.5. The van der Waals surface area contributed by atoms with Crippen molar-refractivity contribution in [3.63, 3.8) is 0 Å². The standard InChI is InChI=1S/C12H17N3O/c1-12(2)4-3-5-15(9-12)11-13-6-10(8-16)7-14-11/h6-8H,3-5,9H2,1-2H3. The van der Waals surface area contributed by atoms with Crippen molar-refractivity contribution in [2.24, 2.45) is 5.41 Å². The van der Waals surface area contributed by atoms with E-state index in [9.17, 15) is 4.79 Å². The van der Waals surface area contributed by atoms with Crippen LogP contribution in [0.2, 0.25) is 0 Å². The molecule has 0 bridgehead atoms. The first-order valence-corrected chi connectivity index (χ1v) is 5.63. The van der Waals surface area contributed by atoms with E-state index < -0.39 is 0 Å². The first-order valence-electron chi connectivity index (χ1n) is 5.63. The van der Waals surface area contributed by atoms with Crippen LogP contribution in [0.4, 0.5) is 5.95 Å². The van der Waals surface area contributed by atoms with E-state index in [0.29, 0.717) is 11.0 Å². The molecule has 0 atom stereocenters. The molecule has 86 valence electrons. The van der Waals surface area contributed by atoms with Crippen molar-refractivity contribution < 1.29 is 4.79 Å². The summed E-state index contributed by atoms with van der Waals surface area (Å²) in [7, 11) is 0. The summed E-state index contributed by atoms with van der Waals surface area (Å²) >= 11 is 0. The molecule has 1 aromatic rings. The molecule has 0 aliphatic carbocycles. The fourth-order valence-electron chi connectivity index (χ4n) is 2.15. The van der Waals surface area contributed by atoms with Crippen LogP contribution in [-0.2, 0) is 0 Å². The summed E-state index contributed by atoms with van der Waals surface area (Å²) in [5.41, 5.74) is 0.852. The maximum Gasteiger partial charge on any atom is 0.225 e. The van der Waals surface area contributed by atoms with Crippen molar-refractivity contribution in [2.45, 2.75) is 26.7 Å². The molecule has 0 spiro atoms. The Labute approximate surface area is 95.7 Å². The fourth-order valence-corrected chi connectivity index (χ4v) is 2.15. The van der Waals surface area contributed by atoms with Crippen molar-refractivity contribution in [3.8, 4) is 0 Å². The van der Waals surface area contributed by atoms with Gasteiger partial charge in [0.15, 0.2) is 6.29 Å². The summed E-state index contributed by atoms with van der Waals surface area (Å²) < 4.78 is 0. The molecule has 0 N–H and O–H groups in total. The lowest BCUT2D eigenvalue weighted by molar-refractivity contribution is 0.112. The molecule has 4 heteroatoms. The van der Waals surface area contributed by atoms with Crippen molar-refractivity contribution >= 4 is 12.2 Å². The van der Waals surface area contributed by atoms with Gasteiger partial charge in [-0.25, -0.2) is 9.97 Å². The van der Waals surface area contributed by atoms with Crippen molar-refractivity contribution in [1.82, 2.24) is 9.97 Å². The third-order valence-electron chi connectivity index (χ3n) is 2.98. The largest absolute Gasteiger partial charge is 0.340 e. The normalized spacial score (nSPS) is 19.5. The predicted octanol–water partition coefficient (Wildman–Crippen LogP) is 1.92. The number of piperidine rings is 1. The molecule has 0 radical (unpaired) electrons. The Kier molecular flexibility index (Phi) is 2.90. The Morgan fingerprint density at radius 2 is 2.06 bits per heavy atom. The summed E-state index contributed by atoms with van der Waals surface area (Å²) in [6, 6.07) is 0. The van der Waals surface area contributed by atoms with E-state index >= 15 is 0 Å². The first-order chi connectivity index (χ1) is 7.61. The highest BCUT2D eigenvalue weighted by Crippen LogP contribution is 2.29. The van der Waals surface area contributed by atoms with Crippen LogP contribution >= 0.6 is 0 Å². The monoisotopic (exact) mass is 219 g/mol. The predicted molar refractivity (Wildman–Crippen MR) is 62.6 cm³/mol. The molecular weight excluding hydrogens is 202 g/mol. The zero-order chi connectivity index (χ0) is 11.6. The van der Waals surface area contributed by atoms with E-state index in [4.69, 9.17) is 0 Å². The third-order valence-corrected chi connectivity index (χ3v) is 2.98. The zero-order valence-corrected chi connectivity index (χ0v) is 9.81. The molecule has 1 aliphatic heterocycles. The van der Waals surface area contributed by atoms with Crippen molar-refractivity contribution in [2.75, 3.05) is 18.0 Å². The fraction of sp³-hybridized carbons (Fsp3) is 0.583. The average Bonchev–Trinajstić information content (AvgIpc) is 2.28. The van der Waals surface area contributed by atoms with Crippen molar-refractivity contribution in [3.05, 3.63) is 18.0 Å². The van der Waals surface area contributed by atoms with Gasteiger partial charge in [0, 0.05) is 25.5 Å². The van der Waals surface area contributed by atoms with Gasteiger partial charge in [0.25, 0.3) is 0 Å². The van der Waals surface area contributed by atoms with Gasteiger partial charge in [0.1, 0.15) is 0 Å². The van der Waals surface area contributed by atoms with Crippen LogP contribution in [0.5, 0.6) is 0 Å². The van der Waals surface area contributed by atoms with Crippen LogP contribution in [0.3, 0.4) is 0 Å². The molecule has 1 aromatic heterocycles. The zero-order valence-electron chi connectivity index (χ0n) is 9.81. The maximum absolute atomic E-state index is 10.5. The minimum atomic E-state index is 0.324. The number of aromatic nitrogens is 2. The Hall–Kier alpha value is -1.45. The Balaban J connectivity index is 2.14. The molecule has 2 heterocycles. The molecule has 0 saturated carbocycles. The van der Waals surface area contributed by atoms with Crippen LogP contribution in [0.1, 0.15) is 37.0 Å². The summed E-state index contributed by atoms with van der Waals surface area (Å²) in [4.78, 5) is 21.1. The lowest BCUT2D eigenvalue weighted by Crippen LogP contribution is -2.40. The molecule has 0 unspecified atom stereocenters. The van der Waals surface area contributed by atoms with E-state index in [1.54, 1.807) is 12.4 Å². The average molecular weight is 219 g/mol. The van der Waals surface area contributed by atoms with E-state index in [2.05, 4.69) is 28.7 Å². The summed E-state index contributed by atoms with van der Waals surface area (Å²) in [5, 5.41) is 0. The Bertz CT molecular complexity index is 372. The second kappa shape index (κ2) is 4.20. The minimum absolute atomic E-state index is 0.324. The molecule has 0 amide bonds. The van der Waals surface area contributed by atoms with Crippen molar-refractivity contribution in [1.29, 1.82) is 0 Å². The Morgan fingerprint density at radius 3 is 2.62 bits per heavy atom. The van der Waals surface area contributed by atoms with Gasteiger partial charge >= 0.3 is 0 Å². The number of hydrogen-bond donors (Lipinski definition) is 0. The molecule has 4 nitrogen and oxygen atoms in total. The lowest BCUT2D eigenvalue weighted by Gasteiger charge is -2.37. The van der Waals surface area contributed by atoms with Crippen LogP contribution < -0.4 is 4.90 Å². The van der Waals surface area contributed by atoms with Crippen LogP contribution in [-0.4, -0.2) is 29.3 Å². The van der Waals surface area contributed by atoms with Gasteiger partial charge in [-0.1, -0.05) is 13.8 Å². The van der Waals surface area contributed by atoms with Gasteiger partial charge in [-0.05, 0) is 18.3 Å². The van der Waals surface area contributed by atoms with Gasteiger partial charge in [-0.15, -0.1) is 0 Å². The van der Waals surface area contributed by atoms with Gasteiger partial charge in [-0.2, -0.15) is 0 Å². The van der Waals surface area contributed by atoms with Crippen LogP contribution in [0.25, 0.3) is 0 Å². The number of nitrogens with zero attached hydrogens (tertiary/aromatic N) is 3. The molecule has 16 heavy (non-hydrogen) atoms. The highest BCUT2D eigenvalue weighted by atomic mass is 16.1. The molecule has 1 saturated heterocycles. The number of rotatable bonds is 2. The summed E-state index contributed by atoms with van der Waals surface area (Å²) in [6.07, 6.45) is 6.35. The van der Waals surface area contributed by atoms with Crippen LogP contribution in [0, 0.1) is 5.41 Å². The number of hydrogen-bond acceptors (Lipinski definition) is 4. The quantitative estimate of drug-likeness (QED) is 0.713. The number of carbonyl (C=O) groups is 1. The minimum Gasteiger partial charge on any atom is -0.340 e. The third kappa shape index (κ3) is 2.38. The summed E-state index contributed by atoms with van der Waals surface area (Å²) in [5.74, 6) is 0.735. The number of anilines is 1. The molecule has 2 rings (SSSR count). The highest BCUT2D eigenvalue weighted by molar-refractivity contribution is 5.73.